The molecular formula is C10H16O4. The summed E-state index contributed by atoms with van der Waals surface area (Å²) in [6, 6.07) is 0. The van der Waals surface area contributed by atoms with Crippen LogP contribution in [0.4, 0.5) is 0 Å². The van der Waals surface area contributed by atoms with E-state index in [0.29, 0.717) is 19.4 Å². The van der Waals surface area contributed by atoms with Gasteiger partial charge in [-0.3, -0.25) is 0 Å². The summed E-state index contributed by atoms with van der Waals surface area (Å²) in [6.45, 7) is 5.25. The summed E-state index contributed by atoms with van der Waals surface area (Å²) in [5.41, 5.74) is 0.279. The van der Waals surface area contributed by atoms with Gasteiger partial charge in [0.25, 0.3) is 0 Å². The van der Waals surface area contributed by atoms with Crippen LogP contribution in [-0.2, 0) is 9.53 Å². The van der Waals surface area contributed by atoms with E-state index in [2.05, 4.69) is 6.58 Å². The van der Waals surface area contributed by atoms with Crippen LogP contribution in [0.2, 0.25) is 0 Å². The smallest absolute Gasteiger partial charge is 0.330 e. The fourth-order valence-corrected chi connectivity index (χ4v) is 0.792. The van der Waals surface area contributed by atoms with Gasteiger partial charge in [-0.2, -0.15) is 0 Å². The third-order valence-corrected chi connectivity index (χ3v) is 1.61. The summed E-state index contributed by atoms with van der Waals surface area (Å²) < 4.78 is 4.89. The van der Waals surface area contributed by atoms with Gasteiger partial charge in [-0.05, 0) is 13.3 Å². The summed E-state index contributed by atoms with van der Waals surface area (Å²) in [6.07, 6.45) is 3.12. The Kier molecular flexibility index (Phi) is 6.70. The molecule has 0 heterocycles. The van der Waals surface area contributed by atoms with Gasteiger partial charge in [0.2, 0.25) is 0 Å². The standard InChI is InChI=1S/C10H16O4/c1-3-7-14-9(11)6-4-5-8(2)10(12)13/h3,5,9,11H,1,4,6-7H2,2H3,(H,12,13). The number of ether oxygens (including phenoxy) is 1. The number of carboxylic acids is 1. The second-order valence-electron chi connectivity index (χ2n) is 2.85. The normalized spacial score (nSPS) is 13.7. The molecule has 0 aliphatic heterocycles. The Bertz CT molecular complexity index is 220. The molecule has 0 bridgehead atoms. The maximum absolute atomic E-state index is 10.4. The van der Waals surface area contributed by atoms with Gasteiger partial charge in [0.15, 0.2) is 6.29 Å². The monoisotopic (exact) mass is 200 g/mol. The van der Waals surface area contributed by atoms with Crippen molar-refractivity contribution in [2.24, 2.45) is 0 Å². The highest BCUT2D eigenvalue weighted by Crippen LogP contribution is 2.03. The van der Waals surface area contributed by atoms with E-state index >= 15 is 0 Å². The van der Waals surface area contributed by atoms with Gasteiger partial charge in [-0.15, -0.1) is 6.58 Å². The largest absolute Gasteiger partial charge is 0.478 e. The van der Waals surface area contributed by atoms with E-state index in [1.165, 1.54) is 6.92 Å². The Morgan fingerprint density at radius 3 is 2.79 bits per heavy atom. The summed E-state index contributed by atoms with van der Waals surface area (Å²) in [7, 11) is 0. The number of aliphatic carboxylic acids is 1. The molecule has 0 amide bonds. The van der Waals surface area contributed by atoms with Gasteiger partial charge in [-0.25, -0.2) is 4.79 Å². The lowest BCUT2D eigenvalue weighted by Gasteiger charge is -2.08. The number of carboxylic acid groups (broad SMARTS) is 1. The van der Waals surface area contributed by atoms with Gasteiger partial charge in [0, 0.05) is 12.0 Å². The van der Waals surface area contributed by atoms with Crippen LogP contribution < -0.4 is 0 Å². The molecule has 0 aromatic rings. The Balaban J connectivity index is 3.67. The number of aliphatic hydroxyl groups excluding tert-OH is 1. The van der Waals surface area contributed by atoms with Gasteiger partial charge in [0.1, 0.15) is 0 Å². The van der Waals surface area contributed by atoms with Gasteiger partial charge < -0.3 is 14.9 Å². The van der Waals surface area contributed by atoms with E-state index in [9.17, 15) is 9.90 Å². The first kappa shape index (κ1) is 12.9. The van der Waals surface area contributed by atoms with Crippen molar-refractivity contribution in [1.82, 2.24) is 0 Å². The highest BCUT2D eigenvalue weighted by atomic mass is 16.6. The second kappa shape index (κ2) is 7.29. The van der Waals surface area contributed by atoms with Crippen LogP contribution in [0.15, 0.2) is 24.3 Å². The van der Waals surface area contributed by atoms with Crippen molar-refractivity contribution in [3.05, 3.63) is 24.3 Å². The predicted octanol–water partition coefficient (Wildman–Crippen LogP) is 1.32. The topological polar surface area (TPSA) is 66.8 Å². The molecule has 0 spiro atoms. The van der Waals surface area contributed by atoms with Gasteiger partial charge >= 0.3 is 5.97 Å². The van der Waals surface area contributed by atoms with E-state index in [1.807, 2.05) is 0 Å². The zero-order valence-corrected chi connectivity index (χ0v) is 8.27. The molecule has 4 heteroatoms. The third-order valence-electron chi connectivity index (χ3n) is 1.61. The van der Waals surface area contributed by atoms with E-state index in [-0.39, 0.29) is 5.57 Å². The molecule has 14 heavy (non-hydrogen) atoms. The lowest BCUT2D eigenvalue weighted by molar-refractivity contribution is -0.132. The lowest BCUT2D eigenvalue weighted by atomic mass is 10.2. The van der Waals surface area contributed by atoms with Crippen LogP contribution in [0.3, 0.4) is 0 Å². The minimum Gasteiger partial charge on any atom is -0.478 e. The number of allylic oxidation sites excluding steroid dienone is 1. The summed E-state index contributed by atoms with van der Waals surface area (Å²) >= 11 is 0. The van der Waals surface area contributed by atoms with Crippen LogP contribution in [0, 0.1) is 0 Å². The number of hydrogen-bond acceptors (Lipinski definition) is 3. The second-order valence-corrected chi connectivity index (χ2v) is 2.85. The summed E-state index contributed by atoms with van der Waals surface area (Å²) in [5, 5.41) is 17.7. The maximum Gasteiger partial charge on any atom is 0.330 e. The Labute approximate surface area is 83.5 Å². The average molecular weight is 200 g/mol. The van der Waals surface area contributed by atoms with Crippen molar-refractivity contribution < 1.29 is 19.7 Å². The lowest BCUT2D eigenvalue weighted by Crippen LogP contribution is -2.11. The molecule has 4 nitrogen and oxygen atoms in total. The van der Waals surface area contributed by atoms with E-state index < -0.39 is 12.3 Å². The minimum atomic E-state index is -0.938. The van der Waals surface area contributed by atoms with Crippen molar-refractivity contribution in [3.8, 4) is 0 Å². The molecule has 0 aromatic heterocycles. The van der Waals surface area contributed by atoms with Crippen molar-refractivity contribution in [2.75, 3.05) is 6.61 Å². The van der Waals surface area contributed by atoms with Crippen molar-refractivity contribution in [3.63, 3.8) is 0 Å². The Hall–Kier alpha value is -1.13. The quantitative estimate of drug-likeness (QED) is 0.369. The van der Waals surface area contributed by atoms with Crippen LogP contribution in [0.5, 0.6) is 0 Å². The average Bonchev–Trinajstić information content (AvgIpc) is 2.14. The van der Waals surface area contributed by atoms with Gasteiger partial charge in [0.05, 0.1) is 6.61 Å². The molecule has 80 valence electrons. The Morgan fingerprint density at radius 2 is 2.29 bits per heavy atom. The van der Waals surface area contributed by atoms with Crippen LogP contribution >= 0.6 is 0 Å². The maximum atomic E-state index is 10.4. The molecule has 0 fully saturated rings. The molecule has 0 aliphatic rings. The molecule has 0 aliphatic carbocycles. The summed E-state index contributed by atoms with van der Waals surface area (Å²) in [5.74, 6) is -0.938. The zero-order valence-electron chi connectivity index (χ0n) is 8.27. The minimum absolute atomic E-state index is 0.279. The molecule has 0 radical (unpaired) electrons. The zero-order chi connectivity index (χ0) is 11.0. The first-order chi connectivity index (χ1) is 6.57. The first-order valence-corrected chi connectivity index (χ1v) is 4.38. The van der Waals surface area contributed by atoms with E-state index in [4.69, 9.17) is 9.84 Å². The summed E-state index contributed by atoms with van der Waals surface area (Å²) in [4.78, 5) is 10.4. The number of hydrogen-bond donors (Lipinski definition) is 2. The van der Waals surface area contributed by atoms with Crippen LogP contribution in [0.1, 0.15) is 19.8 Å². The SMILES string of the molecule is C=CCOC(O)CCC=C(C)C(=O)O. The Morgan fingerprint density at radius 1 is 1.64 bits per heavy atom. The molecule has 2 N–H and O–H groups in total. The van der Waals surface area contributed by atoms with Crippen molar-refractivity contribution >= 4 is 5.97 Å². The number of aliphatic hydroxyl groups is 1. The van der Waals surface area contributed by atoms with Gasteiger partial charge in [-0.1, -0.05) is 12.2 Å². The van der Waals surface area contributed by atoms with Crippen molar-refractivity contribution in [2.45, 2.75) is 26.1 Å². The highest BCUT2D eigenvalue weighted by molar-refractivity contribution is 5.85. The molecule has 0 rings (SSSR count). The van der Waals surface area contributed by atoms with E-state index in [0.717, 1.165) is 0 Å². The van der Waals surface area contributed by atoms with Crippen LogP contribution in [-0.4, -0.2) is 29.1 Å². The highest BCUT2D eigenvalue weighted by Gasteiger charge is 2.03. The fraction of sp³-hybridized carbons (Fsp3) is 0.500. The molecule has 0 saturated heterocycles. The molecule has 0 aromatic carbocycles. The number of carbonyl (C=O) groups is 1. The molecule has 0 saturated carbocycles. The fourth-order valence-electron chi connectivity index (χ4n) is 0.792. The predicted molar refractivity (Wildman–Crippen MR) is 52.8 cm³/mol. The van der Waals surface area contributed by atoms with E-state index in [1.54, 1.807) is 12.2 Å². The van der Waals surface area contributed by atoms with Crippen molar-refractivity contribution in [1.29, 1.82) is 0 Å². The third kappa shape index (κ3) is 6.39. The molecule has 1 unspecified atom stereocenters. The number of rotatable bonds is 7. The first-order valence-electron chi connectivity index (χ1n) is 4.38. The molecular weight excluding hydrogens is 184 g/mol. The van der Waals surface area contributed by atoms with Crippen LogP contribution in [0.25, 0.3) is 0 Å². The molecule has 1 atom stereocenters.